The second-order valence-electron chi connectivity index (χ2n) is 4.96. The molecule has 0 aliphatic heterocycles. The van der Waals surface area contributed by atoms with Crippen LogP contribution in [0.4, 0.5) is 0 Å². The van der Waals surface area contributed by atoms with E-state index in [0.29, 0.717) is 0 Å². The van der Waals surface area contributed by atoms with Gasteiger partial charge in [-0.2, -0.15) is 0 Å². The lowest BCUT2D eigenvalue weighted by molar-refractivity contribution is 0.414. The summed E-state index contributed by atoms with van der Waals surface area (Å²) in [5.41, 5.74) is 9.54. The van der Waals surface area contributed by atoms with Crippen molar-refractivity contribution < 1.29 is 4.74 Å². The van der Waals surface area contributed by atoms with Gasteiger partial charge in [-0.15, -0.1) is 0 Å². The second kappa shape index (κ2) is 5.58. The highest BCUT2D eigenvalue weighted by molar-refractivity contribution is 5.76. The molecule has 3 rings (SSSR count). The van der Waals surface area contributed by atoms with E-state index >= 15 is 0 Å². The van der Waals surface area contributed by atoms with Gasteiger partial charge in [-0.1, -0.05) is 24.3 Å². The number of aromatic nitrogens is 2. The first-order chi connectivity index (χ1) is 10.2. The molecular formula is C17H19N3O. The molecule has 0 bridgehead atoms. The molecule has 2 N–H and O–H groups in total. The fourth-order valence-corrected chi connectivity index (χ4v) is 2.65. The predicted octanol–water partition coefficient (Wildman–Crippen LogP) is 3.11. The summed E-state index contributed by atoms with van der Waals surface area (Å²) in [5.74, 6) is 1.69. The van der Waals surface area contributed by atoms with Crippen LogP contribution in [0.3, 0.4) is 0 Å². The maximum atomic E-state index is 6.44. The van der Waals surface area contributed by atoms with Crippen molar-refractivity contribution in [3.8, 4) is 5.75 Å². The third-order valence-electron chi connectivity index (χ3n) is 3.73. The highest BCUT2D eigenvalue weighted by Gasteiger charge is 2.18. The Morgan fingerprint density at radius 3 is 2.76 bits per heavy atom. The van der Waals surface area contributed by atoms with Crippen LogP contribution in [0.1, 0.15) is 24.4 Å². The first-order valence-corrected chi connectivity index (χ1v) is 7.09. The van der Waals surface area contributed by atoms with Crippen molar-refractivity contribution in [2.45, 2.75) is 19.5 Å². The van der Waals surface area contributed by atoms with E-state index in [0.717, 1.165) is 34.7 Å². The SMILES string of the molecule is CCn1c(C(N)c2cccc(OC)c2)nc2ccccc21. The minimum absolute atomic E-state index is 0.271. The smallest absolute Gasteiger partial charge is 0.131 e. The number of aryl methyl sites for hydroxylation is 1. The maximum Gasteiger partial charge on any atom is 0.131 e. The lowest BCUT2D eigenvalue weighted by Crippen LogP contribution is -2.17. The van der Waals surface area contributed by atoms with Gasteiger partial charge in [-0.3, -0.25) is 0 Å². The van der Waals surface area contributed by atoms with Gasteiger partial charge >= 0.3 is 0 Å². The van der Waals surface area contributed by atoms with Crippen LogP contribution in [0.15, 0.2) is 48.5 Å². The number of nitrogens with zero attached hydrogens (tertiary/aromatic N) is 2. The molecule has 0 aliphatic rings. The molecule has 1 aromatic heterocycles. The van der Waals surface area contributed by atoms with Gasteiger partial charge in [-0.05, 0) is 36.8 Å². The number of hydrogen-bond acceptors (Lipinski definition) is 3. The summed E-state index contributed by atoms with van der Waals surface area (Å²) in [7, 11) is 1.66. The zero-order valence-electron chi connectivity index (χ0n) is 12.3. The number of hydrogen-bond donors (Lipinski definition) is 1. The monoisotopic (exact) mass is 281 g/mol. The largest absolute Gasteiger partial charge is 0.497 e. The molecule has 108 valence electrons. The number of imidazole rings is 1. The third-order valence-corrected chi connectivity index (χ3v) is 3.73. The number of benzene rings is 2. The van der Waals surface area contributed by atoms with Gasteiger partial charge < -0.3 is 15.0 Å². The van der Waals surface area contributed by atoms with E-state index in [2.05, 4.69) is 17.6 Å². The molecule has 1 heterocycles. The van der Waals surface area contributed by atoms with Crippen LogP contribution in [0.2, 0.25) is 0 Å². The number of ether oxygens (including phenoxy) is 1. The van der Waals surface area contributed by atoms with Crippen molar-refractivity contribution in [2.75, 3.05) is 7.11 Å². The van der Waals surface area contributed by atoms with Gasteiger partial charge in [0, 0.05) is 6.54 Å². The van der Waals surface area contributed by atoms with E-state index in [9.17, 15) is 0 Å². The summed E-state index contributed by atoms with van der Waals surface area (Å²) in [6.07, 6.45) is 0. The molecule has 4 nitrogen and oxygen atoms in total. The van der Waals surface area contributed by atoms with Gasteiger partial charge in [0.15, 0.2) is 0 Å². The molecule has 0 spiro atoms. The number of fused-ring (bicyclic) bond motifs is 1. The quantitative estimate of drug-likeness (QED) is 0.799. The topological polar surface area (TPSA) is 53.1 Å². The van der Waals surface area contributed by atoms with E-state index < -0.39 is 0 Å². The molecule has 0 fully saturated rings. The van der Waals surface area contributed by atoms with Crippen molar-refractivity contribution in [3.05, 3.63) is 59.9 Å². The molecule has 0 radical (unpaired) electrons. The molecule has 2 aromatic carbocycles. The van der Waals surface area contributed by atoms with Crippen molar-refractivity contribution in [1.29, 1.82) is 0 Å². The summed E-state index contributed by atoms with van der Waals surface area (Å²) < 4.78 is 7.44. The predicted molar refractivity (Wildman–Crippen MR) is 84.4 cm³/mol. The average Bonchev–Trinajstić information content (AvgIpc) is 2.92. The molecule has 1 unspecified atom stereocenters. The molecule has 4 heteroatoms. The van der Waals surface area contributed by atoms with E-state index in [4.69, 9.17) is 15.5 Å². The Kier molecular flexibility index (Phi) is 3.62. The Balaban J connectivity index is 2.10. The second-order valence-corrected chi connectivity index (χ2v) is 4.96. The van der Waals surface area contributed by atoms with Crippen LogP contribution in [0, 0.1) is 0 Å². The van der Waals surface area contributed by atoms with Gasteiger partial charge in [0.2, 0.25) is 0 Å². The molecule has 0 amide bonds. The van der Waals surface area contributed by atoms with Gasteiger partial charge in [0.1, 0.15) is 11.6 Å². The molecular weight excluding hydrogens is 262 g/mol. The van der Waals surface area contributed by atoms with Crippen LogP contribution in [-0.2, 0) is 6.54 Å². The van der Waals surface area contributed by atoms with Crippen LogP contribution < -0.4 is 10.5 Å². The molecule has 0 saturated carbocycles. The van der Waals surface area contributed by atoms with Crippen LogP contribution in [-0.4, -0.2) is 16.7 Å². The lowest BCUT2D eigenvalue weighted by atomic mass is 10.1. The molecule has 0 aliphatic carbocycles. The zero-order chi connectivity index (χ0) is 14.8. The van der Waals surface area contributed by atoms with E-state index in [1.165, 1.54) is 0 Å². The van der Waals surface area contributed by atoms with Gasteiger partial charge in [0.25, 0.3) is 0 Å². The Hall–Kier alpha value is -2.33. The minimum atomic E-state index is -0.271. The summed E-state index contributed by atoms with van der Waals surface area (Å²) in [5, 5.41) is 0. The van der Waals surface area contributed by atoms with E-state index in [1.807, 2.05) is 42.5 Å². The average molecular weight is 281 g/mol. The Morgan fingerprint density at radius 1 is 1.19 bits per heavy atom. The van der Waals surface area contributed by atoms with Gasteiger partial charge in [-0.25, -0.2) is 4.98 Å². The van der Waals surface area contributed by atoms with Gasteiger partial charge in [0.05, 0.1) is 24.2 Å². The minimum Gasteiger partial charge on any atom is -0.497 e. The van der Waals surface area contributed by atoms with Crippen LogP contribution in [0.25, 0.3) is 11.0 Å². The van der Waals surface area contributed by atoms with Crippen molar-refractivity contribution in [3.63, 3.8) is 0 Å². The maximum absolute atomic E-state index is 6.44. The summed E-state index contributed by atoms with van der Waals surface area (Å²) >= 11 is 0. The first-order valence-electron chi connectivity index (χ1n) is 7.09. The summed E-state index contributed by atoms with van der Waals surface area (Å²) in [4.78, 5) is 4.71. The number of nitrogens with two attached hydrogens (primary N) is 1. The number of rotatable bonds is 4. The van der Waals surface area contributed by atoms with Crippen LogP contribution >= 0.6 is 0 Å². The van der Waals surface area contributed by atoms with E-state index in [-0.39, 0.29) is 6.04 Å². The van der Waals surface area contributed by atoms with Crippen LogP contribution in [0.5, 0.6) is 5.75 Å². The number of para-hydroxylation sites is 2. The molecule has 0 saturated heterocycles. The lowest BCUT2D eigenvalue weighted by Gasteiger charge is -2.14. The van der Waals surface area contributed by atoms with Crippen molar-refractivity contribution in [1.82, 2.24) is 9.55 Å². The first kappa shape index (κ1) is 13.6. The fourth-order valence-electron chi connectivity index (χ4n) is 2.65. The Labute approximate surface area is 124 Å². The number of methoxy groups -OCH3 is 1. The Bertz CT molecular complexity index is 764. The van der Waals surface area contributed by atoms with Crippen molar-refractivity contribution >= 4 is 11.0 Å². The summed E-state index contributed by atoms with van der Waals surface area (Å²) in [6.45, 7) is 2.95. The molecule has 1 atom stereocenters. The third kappa shape index (κ3) is 2.38. The fraction of sp³-hybridized carbons (Fsp3) is 0.235. The highest BCUT2D eigenvalue weighted by atomic mass is 16.5. The zero-order valence-corrected chi connectivity index (χ0v) is 12.3. The standard InChI is InChI=1S/C17H19N3O/c1-3-20-15-10-5-4-9-14(15)19-17(20)16(18)12-7-6-8-13(11-12)21-2/h4-11,16H,3,18H2,1-2H3. The Morgan fingerprint density at radius 2 is 2.00 bits per heavy atom. The molecule has 21 heavy (non-hydrogen) atoms. The summed E-state index contributed by atoms with van der Waals surface area (Å²) in [6, 6.07) is 15.7. The highest BCUT2D eigenvalue weighted by Crippen LogP contribution is 2.26. The van der Waals surface area contributed by atoms with Crippen molar-refractivity contribution in [2.24, 2.45) is 5.73 Å². The van der Waals surface area contributed by atoms with E-state index in [1.54, 1.807) is 7.11 Å². The molecule has 3 aromatic rings. The normalized spacial score (nSPS) is 12.5.